The predicted molar refractivity (Wildman–Crippen MR) is 78.4 cm³/mol. The molecule has 1 atom stereocenters. The van der Waals surface area contributed by atoms with Gasteiger partial charge < -0.3 is 4.74 Å². The maximum absolute atomic E-state index is 11.4. The molecule has 0 spiro atoms. The smallest absolute Gasteiger partial charge is 0.331 e. The normalized spacial score (nSPS) is 14.1. The van der Waals surface area contributed by atoms with Crippen LogP contribution in [-0.2, 0) is 9.53 Å². The Kier molecular flexibility index (Phi) is 6.00. The molecule has 0 radical (unpaired) electrons. The van der Waals surface area contributed by atoms with E-state index in [4.69, 9.17) is 4.74 Å². The van der Waals surface area contributed by atoms with Crippen LogP contribution in [0.15, 0.2) is 47.0 Å². The Morgan fingerprint density at radius 2 is 1.95 bits per heavy atom. The number of hydrogen-bond acceptors (Lipinski definition) is 3. The number of carbonyl (C=O) groups is 1. The quantitative estimate of drug-likeness (QED) is 0.459. The van der Waals surface area contributed by atoms with Crippen LogP contribution < -0.4 is 0 Å². The average Bonchev–Trinajstić information content (AvgIpc) is 2.39. The molecule has 0 aromatic heterocycles. The van der Waals surface area contributed by atoms with Crippen molar-refractivity contribution in [3.05, 3.63) is 47.5 Å². The number of benzene rings is 1. The van der Waals surface area contributed by atoms with Gasteiger partial charge in [-0.15, -0.1) is 0 Å². The minimum absolute atomic E-state index is 0.0757. The van der Waals surface area contributed by atoms with Crippen LogP contribution in [0.3, 0.4) is 0 Å². The summed E-state index contributed by atoms with van der Waals surface area (Å²) in [4.78, 5) is 16.0. The topological polar surface area (TPSA) is 38.7 Å². The molecule has 3 nitrogen and oxygen atoms in total. The number of ether oxygens (including phenoxy) is 1. The molecule has 0 heterocycles. The van der Waals surface area contributed by atoms with Crippen molar-refractivity contribution in [1.29, 1.82) is 0 Å². The van der Waals surface area contributed by atoms with Gasteiger partial charge in [-0.05, 0) is 38.8 Å². The van der Waals surface area contributed by atoms with E-state index in [2.05, 4.69) is 4.99 Å². The van der Waals surface area contributed by atoms with Gasteiger partial charge >= 0.3 is 5.97 Å². The number of rotatable bonds is 5. The molecule has 0 aliphatic rings. The maximum atomic E-state index is 11.4. The van der Waals surface area contributed by atoms with Gasteiger partial charge in [-0.25, -0.2) is 4.79 Å². The van der Waals surface area contributed by atoms with E-state index in [1.54, 1.807) is 6.92 Å². The lowest BCUT2D eigenvalue weighted by Crippen LogP contribution is -2.04. The van der Waals surface area contributed by atoms with E-state index in [0.717, 1.165) is 16.8 Å². The molecule has 0 amide bonds. The molecule has 0 aliphatic heterocycles. The van der Waals surface area contributed by atoms with Gasteiger partial charge in [0.05, 0.1) is 12.6 Å². The number of esters is 1. The van der Waals surface area contributed by atoms with Gasteiger partial charge in [0.2, 0.25) is 0 Å². The summed E-state index contributed by atoms with van der Waals surface area (Å²) in [7, 11) is 0. The third kappa shape index (κ3) is 5.08. The summed E-state index contributed by atoms with van der Waals surface area (Å²) in [6, 6.07) is 10.2. The summed E-state index contributed by atoms with van der Waals surface area (Å²) >= 11 is 0. The van der Waals surface area contributed by atoms with E-state index in [1.165, 1.54) is 6.08 Å². The molecule has 1 rings (SSSR count). The Balaban J connectivity index is 2.79. The highest BCUT2D eigenvalue weighted by Gasteiger charge is 2.05. The van der Waals surface area contributed by atoms with Crippen molar-refractivity contribution in [2.24, 2.45) is 4.99 Å². The first-order valence-electron chi connectivity index (χ1n) is 6.49. The third-order valence-corrected chi connectivity index (χ3v) is 2.86. The summed E-state index contributed by atoms with van der Waals surface area (Å²) < 4.78 is 4.88. The second-order valence-electron chi connectivity index (χ2n) is 4.38. The van der Waals surface area contributed by atoms with Crippen LogP contribution in [0.4, 0.5) is 0 Å². The highest BCUT2D eigenvalue weighted by molar-refractivity contribution is 6.02. The highest BCUT2D eigenvalue weighted by atomic mass is 16.5. The van der Waals surface area contributed by atoms with Crippen molar-refractivity contribution in [2.75, 3.05) is 6.61 Å². The zero-order valence-corrected chi connectivity index (χ0v) is 12.0. The van der Waals surface area contributed by atoms with E-state index in [0.29, 0.717) is 6.61 Å². The molecule has 0 bridgehead atoms. The van der Waals surface area contributed by atoms with Crippen LogP contribution in [-0.4, -0.2) is 18.3 Å². The van der Waals surface area contributed by atoms with E-state index in [-0.39, 0.29) is 12.0 Å². The molecule has 0 saturated carbocycles. The van der Waals surface area contributed by atoms with Crippen LogP contribution >= 0.6 is 0 Å². The molecular formula is C16H21NO2. The molecular weight excluding hydrogens is 238 g/mol. The van der Waals surface area contributed by atoms with Crippen molar-refractivity contribution in [3.8, 4) is 0 Å². The van der Waals surface area contributed by atoms with Gasteiger partial charge in [0.15, 0.2) is 0 Å². The number of aliphatic imine (C=N–C) groups is 1. The summed E-state index contributed by atoms with van der Waals surface area (Å²) in [6.45, 7) is 7.99. The Hall–Kier alpha value is -1.90. The third-order valence-electron chi connectivity index (χ3n) is 2.86. The Bertz CT molecular complexity index is 475. The minimum atomic E-state index is -0.318. The van der Waals surface area contributed by atoms with Crippen LogP contribution in [0.1, 0.15) is 39.3 Å². The van der Waals surface area contributed by atoms with Crippen molar-refractivity contribution in [3.63, 3.8) is 0 Å². The van der Waals surface area contributed by atoms with Gasteiger partial charge in [0, 0.05) is 11.8 Å². The number of allylic oxidation sites excluding steroid dienone is 1. The zero-order chi connectivity index (χ0) is 14.3. The Morgan fingerprint density at radius 1 is 1.32 bits per heavy atom. The van der Waals surface area contributed by atoms with Crippen LogP contribution in [0.5, 0.6) is 0 Å². The molecule has 1 unspecified atom stereocenters. The summed E-state index contributed by atoms with van der Waals surface area (Å²) in [5.41, 5.74) is 2.84. The fraction of sp³-hybridized carbons (Fsp3) is 0.375. The van der Waals surface area contributed by atoms with Crippen molar-refractivity contribution < 1.29 is 9.53 Å². The molecule has 3 heteroatoms. The molecule has 0 aliphatic carbocycles. The number of nitrogens with zero attached hydrogens (tertiary/aromatic N) is 1. The molecule has 1 aromatic carbocycles. The van der Waals surface area contributed by atoms with Crippen molar-refractivity contribution >= 4 is 11.7 Å². The van der Waals surface area contributed by atoms with Crippen LogP contribution in [0.2, 0.25) is 0 Å². The average molecular weight is 259 g/mol. The van der Waals surface area contributed by atoms with E-state index >= 15 is 0 Å². The molecule has 0 saturated heterocycles. The fourth-order valence-corrected chi connectivity index (χ4v) is 1.66. The second kappa shape index (κ2) is 7.52. The van der Waals surface area contributed by atoms with Gasteiger partial charge in [0.1, 0.15) is 0 Å². The highest BCUT2D eigenvalue weighted by Crippen LogP contribution is 2.17. The number of hydrogen-bond donors (Lipinski definition) is 0. The zero-order valence-electron chi connectivity index (χ0n) is 12.0. The standard InChI is InChI=1S/C16H21NO2/c1-5-19-16(18)11-12(2)13(3)17-14(4)15-9-7-6-8-10-15/h6-11,14H,5H2,1-4H3/b12-11+,17-13?. The number of carbonyl (C=O) groups excluding carboxylic acids is 1. The minimum Gasteiger partial charge on any atom is -0.463 e. The first kappa shape index (κ1) is 15.2. The lowest BCUT2D eigenvalue weighted by atomic mass is 10.1. The monoisotopic (exact) mass is 259 g/mol. The van der Waals surface area contributed by atoms with Crippen LogP contribution in [0.25, 0.3) is 0 Å². The second-order valence-corrected chi connectivity index (χ2v) is 4.38. The van der Waals surface area contributed by atoms with Gasteiger partial charge in [-0.2, -0.15) is 0 Å². The van der Waals surface area contributed by atoms with Crippen molar-refractivity contribution in [2.45, 2.75) is 33.7 Å². The maximum Gasteiger partial charge on any atom is 0.331 e. The van der Waals surface area contributed by atoms with E-state index in [9.17, 15) is 4.79 Å². The lowest BCUT2D eigenvalue weighted by Gasteiger charge is -2.09. The largest absolute Gasteiger partial charge is 0.463 e. The van der Waals surface area contributed by atoms with Crippen LogP contribution in [0, 0.1) is 0 Å². The van der Waals surface area contributed by atoms with Crippen molar-refractivity contribution in [1.82, 2.24) is 0 Å². The summed E-state index contributed by atoms with van der Waals surface area (Å²) in [5.74, 6) is -0.318. The molecule has 19 heavy (non-hydrogen) atoms. The Labute approximate surface area is 115 Å². The molecule has 0 N–H and O–H groups in total. The first-order chi connectivity index (χ1) is 9.04. The van der Waals surface area contributed by atoms with E-state index < -0.39 is 0 Å². The van der Waals surface area contributed by atoms with E-state index in [1.807, 2.05) is 51.1 Å². The summed E-state index contributed by atoms with van der Waals surface area (Å²) in [5, 5.41) is 0. The fourth-order valence-electron chi connectivity index (χ4n) is 1.66. The van der Waals surface area contributed by atoms with Gasteiger partial charge in [-0.1, -0.05) is 30.3 Å². The van der Waals surface area contributed by atoms with Gasteiger partial charge in [-0.3, -0.25) is 4.99 Å². The van der Waals surface area contributed by atoms with Gasteiger partial charge in [0.25, 0.3) is 0 Å². The Morgan fingerprint density at radius 3 is 2.53 bits per heavy atom. The predicted octanol–water partition coefficient (Wildman–Crippen LogP) is 3.72. The first-order valence-corrected chi connectivity index (χ1v) is 6.49. The molecule has 1 aromatic rings. The summed E-state index contributed by atoms with van der Waals surface area (Å²) in [6.07, 6.45) is 1.49. The molecule has 0 fully saturated rings. The lowest BCUT2D eigenvalue weighted by molar-refractivity contribution is -0.137. The SMILES string of the molecule is CCOC(=O)/C=C(\C)C(C)=NC(C)c1ccccc1. The molecule has 102 valence electrons.